The second-order valence-corrected chi connectivity index (χ2v) is 10.3. The summed E-state index contributed by atoms with van der Waals surface area (Å²) >= 11 is 0. The first-order valence-corrected chi connectivity index (χ1v) is 13.7. The summed E-state index contributed by atoms with van der Waals surface area (Å²) in [6, 6.07) is -1.79. The standard InChI is InChI=1S/C26H54N6O4/c1-7-9-14-35-25(36-15-10-8-2)21(12-11-13-30-26(28)29)31-24(34)22(17-19(5)6)32-23(33)20(27)16-18(3)4/h18-22,25H,7-17,27H2,1-6H3,(H,31,34)(H,32,33)(H4,28,29,30)/t20-,21-,22-/m0/s1. The highest BCUT2D eigenvalue weighted by Crippen LogP contribution is 2.14. The van der Waals surface area contributed by atoms with Crippen molar-refractivity contribution in [2.24, 2.45) is 34.0 Å². The second kappa shape index (κ2) is 20.2. The van der Waals surface area contributed by atoms with E-state index < -0.39 is 24.4 Å². The fraction of sp³-hybridized carbons (Fsp3) is 0.885. The molecule has 0 fully saturated rings. The Labute approximate surface area is 218 Å². The number of unbranched alkanes of at least 4 members (excludes halogenated alkanes) is 2. The van der Waals surface area contributed by atoms with E-state index in [4.69, 9.17) is 26.7 Å². The van der Waals surface area contributed by atoms with Crippen LogP contribution in [0.15, 0.2) is 4.99 Å². The van der Waals surface area contributed by atoms with Crippen molar-refractivity contribution in [1.82, 2.24) is 10.6 Å². The lowest BCUT2D eigenvalue weighted by molar-refractivity contribution is -0.166. The molecule has 0 aliphatic carbocycles. The zero-order chi connectivity index (χ0) is 27.5. The maximum absolute atomic E-state index is 13.4. The molecule has 0 aromatic rings. The molecule has 8 N–H and O–H groups in total. The van der Waals surface area contributed by atoms with Gasteiger partial charge in [-0.05, 0) is 50.4 Å². The predicted molar refractivity (Wildman–Crippen MR) is 146 cm³/mol. The van der Waals surface area contributed by atoms with Crippen LogP contribution in [0.4, 0.5) is 0 Å². The summed E-state index contributed by atoms with van der Waals surface area (Å²) < 4.78 is 12.1. The number of hydrogen-bond donors (Lipinski definition) is 5. The van der Waals surface area contributed by atoms with Crippen LogP contribution in [0.1, 0.15) is 92.9 Å². The van der Waals surface area contributed by atoms with Crippen molar-refractivity contribution >= 4 is 17.8 Å². The van der Waals surface area contributed by atoms with Crippen molar-refractivity contribution in [3.63, 3.8) is 0 Å². The number of carbonyl (C=O) groups excluding carboxylic acids is 2. The van der Waals surface area contributed by atoms with Gasteiger partial charge in [-0.1, -0.05) is 54.4 Å². The average molecular weight is 515 g/mol. The molecular weight excluding hydrogens is 460 g/mol. The number of rotatable bonds is 21. The predicted octanol–water partition coefficient (Wildman–Crippen LogP) is 2.39. The molecule has 0 saturated heterocycles. The molecule has 36 heavy (non-hydrogen) atoms. The normalized spacial score (nSPS) is 14.1. The van der Waals surface area contributed by atoms with Crippen LogP contribution in [-0.2, 0) is 19.1 Å². The van der Waals surface area contributed by atoms with Gasteiger partial charge in [-0.25, -0.2) is 0 Å². The molecule has 0 saturated carbocycles. The maximum atomic E-state index is 13.4. The third-order valence-corrected chi connectivity index (χ3v) is 5.59. The lowest BCUT2D eigenvalue weighted by Gasteiger charge is -2.30. The largest absolute Gasteiger partial charge is 0.370 e. The van der Waals surface area contributed by atoms with E-state index >= 15 is 0 Å². The Hall–Kier alpha value is -1.91. The third-order valence-electron chi connectivity index (χ3n) is 5.59. The number of guanidine groups is 1. The quantitative estimate of drug-likeness (QED) is 0.0678. The van der Waals surface area contributed by atoms with Gasteiger partial charge in [0.1, 0.15) is 6.04 Å². The number of amides is 2. The topological polar surface area (TPSA) is 167 Å². The van der Waals surface area contributed by atoms with Crippen LogP contribution in [0.5, 0.6) is 0 Å². The Morgan fingerprint density at radius 2 is 1.39 bits per heavy atom. The van der Waals surface area contributed by atoms with Crippen molar-refractivity contribution in [3.05, 3.63) is 0 Å². The van der Waals surface area contributed by atoms with Crippen LogP contribution in [0, 0.1) is 11.8 Å². The number of nitrogens with two attached hydrogens (primary N) is 3. The van der Waals surface area contributed by atoms with Gasteiger partial charge in [0.05, 0.1) is 12.1 Å². The van der Waals surface area contributed by atoms with Crippen LogP contribution in [0.2, 0.25) is 0 Å². The van der Waals surface area contributed by atoms with E-state index in [0.717, 1.165) is 25.7 Å². The molecule has 0 radical (unpaired) electrons. The van der Waals surface area contributed by atoms with E-state index in [2.05, 4.69) is 29.5 Å². The molecule has 0 aromatic heterocycles. The zero-order valence-electron chi connectivity index (χ0n) is 23.6. The summed E-state index contributed by atoms with van der Waals surface area (Å²) in [6.45, 7) is 13.7. The summed E-state index contributed by atoms with van der Waals surface area (Å²) in [5.41, 5.74) is 17.0. The smallest absolute Gasteiger partial charge is 0.242 e. The van der Waals surface area contributed by atoms with Gasteiger partial charge in [-0.3, -0.25) is 14.6 Å². The Balaban J connectivity index is 5.62. The van der Waals surface area contributed by atoms with Crippen LogP contribution in [0.25, 0.3) is 0 Å². The fourth-order valence-corrected chi connectivity index (χ4v) is 3.64. The second-order valence-electron chi connectivity index (χ2n) is 10.3. The van der Waals surface area contributed by atoms with Crippen LogP contribution < -0.4 is 27.8 Å². The lowest BCUT2D eigenvalue weighted by Crippen LogP contribution is -2.56. The van der Waals surface area contributed by atoms with Gasteiger partial charge in [0.15, 0.2) is 12.2 Å². The summed E-state index contributed by atoms with van der Waals surface area (Å²) in [6.07, 6.45) is 5.38. The average Bonchev–Trinajstić information content (AvgIpc) is 2.78. The molecule has 10 nitrogen and oxygen atoms in total. The molecule has 0 rings (SSSR count). The third kappa shape index (κ3) is 16.7. The van der Waals surface area contributed by atoms with E-state index in [1.165, 1.54) is 0 Å². The van der Waals surface area contributed by atoms with Gasteiger partial charge in [0, 0.05) is 19.8 Å². The SMILES string of the molecule is CCCCOC(OCCCC)[C@H](CCCN=C(N)N)NC(=O)[C@H](CC(C)C)NC(=O)[C@@H](N)CC(C)C. The number of carbonyl (C=O) groups is 2. The summed E-state index contributed by atoms with van der Waals surface area (Å²) in [4.78, 5) is 30.2. The van der Waals surface area contributed by atoms with E-state index in [9.17, 15) is 9.59 Å². The Kier molecular flexibility index (Phi) is 19.1. The van der Waals surface area contributed by atoms with E-state index in [0.29, 0.717) is 45.4 Å². The minimum Gasteiger partial charge on any atom is -0.370 e. The molecule has 10 heteroatoms. The molecule has 0 heterocycles. The highest BCUT2D eigenvalue weighted by molar-refractivity contribution is 5.89. The molecular formula is C26H54N6O4. The number of ether oxygens (including phenoxy) is 2. The van der Waals surface area contributed by atoms with Gasteiger partial charge in [-0.2, -0.15) is 0 Å². The van der Waals surface area contributed by atoms with Crippen LogP contribution in [-0.4, -0.2) is 61.9 Å². The fourth-order valence-electron chi connectivity index (χ4n) is 3.64. The minimum atomic E-state index is -0.706. The highest BCUT2D eigenvalue weighted by Gasteiger charge is 2.30. The Morgan fingerprint density at radius 1 is 0.833 bits per heavy atom. The van der Waals surface area contributed by atoms with E-state index in [1.54, 1.807) is 0 Å². The zero-order valence-corrected chi connectivity index (χ0v) is 23.6. The van der Waals surface area contributed by atoms with Crippen molar-refractivity contribution < 1.29 is 19.1 Å². The van der Waals surface area contributed by atoms with Crippen molar-refractivity contribution in [1.29, 1.82) is 0 Å². The minimum absolute atomic E-state index is 0.0305. The van der Waals surface area contributed by atoms with Gasteiger partial charge in [-0.15, -0.1) is 0 Å². The molecule has 0 unspecified atom stereocenters. The summed E-state index contributed by atoms with van der Waals surface area (Å²) in [7, 11) is 0. The molecule has 0 spiro atoms. The molecule has 0 bridgehead atoms. The van der Waals surface area contributed by atoms with Crippen LogP contribution >= 0.6 is 0 Å². The van der Waals surface area contributed by atoms with Crippen molar-refractivity contribution in [3.8, 4) is 0 Å². The monoisotopic (exact) mass is 514 g/mol. The molecule has 0 aromatic carbocycles. The molecule has 3 atom stereocenters. The van der Waals surface area contributed by atoms with Gasteiger partial charge < -0.3 is 37.3 Å². The van der Waals surface area contributed by atoms with Gasteiger partial charge in [0.2, 0.25) is 11.8 Å². The Morgan fingerprint density at radius 3 is 1.86 bits per heavy atom. The first kappa shape index (κ1) is 34.1. The number of nitrogens with one attached hydrogen (secondary N) is 2. The van der Waals surface area contributed by atoms with E-state index in [1.807, 2.05) is 27.7 Å². The summed E-state index contributed by atoms with van der Waals surface area (Å²) in [5, 5.41) is 5.97. The van der Waals surface area contributed by atoms with Crippen molar-refractivity contribution in [2.45, 2.75) is 117 Å². The Bertz CT molecular complexity index is 616. The number of hydrogen-bond acceptors (Lipinski definition) is 6. The van der Waals surface area contributed by atoms with Gasteiger partial charge >= 0.3 is 0 Å². The first-order valence-electron chi connectivity index (χ1n) is 13.7. The van der Waals surface area contributed by atoms with E-state index in [-0.39, 0.29) is 29.6 Å². The molecule has 2 amide bonds. The molecule has 212 valence electrons. The first-order chi connectivity index (χ1) is 17.0. The van der Waals surface area contributed by atoms with Gasteiger partial charge in [0.25, 0.3) is 0 Å². The maximum Gasteiger partial charge on any atom is 0.242 e. The number of aliphatic imine (C=N–C) groups is 1. The van der Waals surface area contributed by atoms with Crippen LogP contribution in [0.3, 0.4) is 0 Å². The van der Waals surface area contributed by atoms with Crippen molar-refractivity contribution in [2.75, 3.05) is 19.8 Å². The molecule has 0 aliphatic heterocycles. The molecule has 0 aliphatic rings. The lowest BCUT2D eigenvalue weighted by atomic mass is 10.00. The number of nitrogens with zero attached hydrogens (tertiary/aromatic N) is 1. The highest BCUT2D eigenvalue weighted by atomic mass is 16.7. The summed E-state index contributed by atoms with van der Waals surface area (Å²) in [5.74, 6) is -0.0883.